The van der Waals surface area contributed by atoms with Crippen molar-refractivity contribution in [2.45, 2.75) is 13.8 Å². The van der Waals surface area contributed by atoms with Crippen molar-refractivity contribution in [1.82, 2.24) is 19.7 Å². The second kappa shape index (κ2) is 5.47. The third-order valence-electron chi connectivity index (χ3n) is 3.13. The molecule has 0 aliphatic carbocycles. The molecule has 3 rings (SSSR count). The first-order chi connectivity index (χ1) is 10.1. The molecule has 0 aliphatic rings. The van der Waals surface area contributed by atoms with Gasteiger partial charge in [0.1, 0.15) is 5.15 Å². The van der Waals surface area contributed by atoms with Gasteiger partial charge in [0.05, 0.1) is 16.4 Å². The number of nitrogens with zero attached hydrogens (tertiary/aromatic N) is 4. The molecule has 6 heteroatoms. The standard InChI is InChI=1S/C15H12Cl2N4/c1-9-14(17)10(2)21(20-9)13-8-12(16)18-15(19-13)11-6-4-3-5-7-11/h3-8H,1-2H3. The first-order valence-electron chi connectivity index (χ1n) is 6.38. The van der Waals surface area contributed by atoms with Gasteiger partial charge in [-0.15, -0.1) is 0 Å². The average Bonchev–Trinajstić information content (AvgIpc) is 2.75. The van der Waals surface area contributed by atoms with Crippen LogP contribution in [-0.4, -0.2) is 19.7 Å². The minimum atomic E-state index is 0.363. The predicted molar refractivity (Wildman–Crippen MR) is 84.1 cm³/mol. The van der Waals surface area contributed by atoms with Crippen LogP contribution >= 0.6 is 23.2 Å². The van der Waals surface area contributed by atoms with E-state index in [9.17, 15) is 0 Å². The quantitative estimate of drug-likeness (QED) is 0.663. The summed E-state index contributed by atoms with van der Waals surface area (Å²) >= 11 is 12.3. The van der Waals surface area contributed by atoms with E-state index in [1.807, 2.05) is 44.2 Å². The lowest BCUT2D eigenvalue weighted by Crippen LogP contribution is -2.04. The smallest absolute Gasteiger partial charge is 0.163 e. The minimum absolute atomic E-state index is 0.363. The van der Waals surface area contributed by atoms with Crippen LogP contribution in [0.15, 0.2) is 36.4 Å². The van der Waals surface area contributed by atoms with E-state index in [4.69, 9.17) is 23.2 Å². The van der Waals surface area contributed by atoms with Gasteiger partial charge in [0.25, 0.3) is 0 Å². The van der Waals surface area contributed by atoms with Gasteiger partial charge in [-0.1, -0.05) is 53.5 Å². The van der Waals surface area contributed by atoms with Gasteiger partial charge >= 0.3 is 0 Å². The van der Waals surface area contributed by atoms with Gasteiger partial charge < -0.3 is 0 Å². The normalized spacial score (nSPS) is 10.9. The summed E-state index contributed by atoms with van der Waals surface area (Å²) in [6, 6.07) is 11.3. The fourth-order valence-corrected chi connectivity index (χ4v) is 2.37. The highest BCUT2D eigenvalue weighted by Gasteiger charge is 2.14. The Hall–Kier alpha value is -1.91. The molecule has 0 radical (unpaired) electrons. The first-order valence-corrected chi connectivity index (χ1v) is 7.14. The molecule has 2 heterocycles. The zero-order valence-corrected chi connectivity index (χ0v) is 13.0. The van der Waals surface area contributed by atoms with E-state index in [1.165, 1.54) is 0 Å². The Labute approximate surface area is 132 Å². The monoisotopic (exact) mass is 318 g/mol. The number of hydrogen-bond donors (Lipinski definition) is 0. The zero-order chi connectivity index (χ0) is 15.0. The van der Waals surface area contributed by atoms with Crippen LogP contribution in [-0.2, 0) is 0 Å². The van der Waals surface area contributed by atoms with Crippen molar-refractivity contribution >= 4 is 23.2 Å². The van der Waals surface area contributed by atoms with Crippen LogP contribution in [0, 0.1) is 13.8 Å². The van der Waals surface area contributed by atoms with E-state index in [2.05, 4.69) is 15.1 Å². The Kier molecular flexibility index (Phi) is 3.66. The number of hydrogen-bond acceptors (Lipinski definition) is 3. The lowest BCUT2D eigenvalue weighted by atomic mass is 10.2. The first kappa shape index (κ1) is 14.0. The SMILES string of the molecule is Cc1nn(-c2cc(Cl)nc(-c3ccccc3)n2)c(C)c1Cl. The Balaban J connectivity index is 2.16. The van der Waals surface area contributed by atoms with Crippen LogP contribution in [0.25, 0.3) is 17.2 Å². The second-order valence-corrected chi connectivity index (χ2v) is 5.40. The van der Waals surface area contributed by atoms with E-state index in [-0.39, 0.29) is 0 Å². The van der Waals surface area contributed by atoms with E-state index in [1.54, 1.807) is 10.7 Å². The van der Waals surface area contributed by atoms with Crippen molar-refractivity contribution in [3.05, 3.63) is 58.0 Å². The van der Waals surface area contributed by atoms with E-state index < -0.39 is 0 Å². The van der Waals surface area contributed by atoms with Crippen LogP contribution in [0.1, 0.15) is 11.4 Å². The molecule has 0 saturated heterocycles. The highest BCUT2D eigenvalue weighted by atomic mass is 35.5. The van der Waals surface area contributed by atoms with Crippen molar-refractivity contribution in [1.29, 1.82) is 0 Å². The average molecular weight is 319 g/mol. The summed E-state index contributed by atoms with van der Waals surface area (Å²) in [6.45, 7) is 3.74. The molecule has 0 unspecified atom stereocenters. The summed E-state index contributed by atoms with van der Waals surface area (Å²) in [5.41, 5.74) is 2.47. The molecule has 0 N–H and O–H groups in total. The van der Waals surface area contributed by atoms with E-state index >= 15 is 0 Å². The summed E-state index contributed by atoms with van der Waals surface area (Å²) in [5.74, 6) is 1.16. The molecule has 0 bridgehead atoms. The molecular formula is C15H12Cl2N4. The van der Waals surface area contributed by atoms with Crippen LogP contribution in [0.5, 0.6) is 0 Å². The van der Waals surface area contributed by atoms with Crippen LogP contribution in [0.4, 0.5) is 0 Å². The molecule has 0 aliphatic heterocycles. The van der Waals surface area contributed by atoms with Gasteiger partial charge in [0.2, 0.25) is 0 Å². The Bertz CT molecular complexity index is 797. The van der Waals surface area contributed by atoms with Gasteiger partial charge in [0, 0.05) is 11.6 Å². The van der Waals surface area contributed by atoms with Gasteiger partial charge in [-0.25, -0.2) is 14.6 Å². The molecular weight excluding hydrogens is 307 g/mol. The number of aryl methyl sites for hydroxylation is 1. The highest BCUT2D eigenvalue weighted by molar-refractivity contribution is 6.32. The topological polar surface area (TPSA) is 43.6 Å². The van der Waals surface area contributed by atoms with Crippen LogP contribution < -0.4 is 0 Å². The maximum Gasteiger partial charge on any atom is 0.163 e. The van der Waals surface area contributed by atoms with Crippen molar-refractivity contribution in [2.75, 3.05) is 0 Å². The van der Waals surface area contributed by atoms with Crippen molar-refractivity contribution in [2.24, 2.45) is 0 Å². The van der Waals surface area contributed by atoms with Crippen molar-refractivity contribution in [3.63, 3.8) is 0 Å². The maximum atomic E-state index is 6.19. The molecule has 0 spiro atoms. The third kappa shape index (κ3) is 2.64. The van der Waals surface area contributed by atoms with Gasteiger partial charge in [0.15, 0.2) is 11.6 Å². The third-order valence-corrected chi connectivity index (χ3v) is 3.87. The van der Waals surface area contributed by atoms with Crippen molar-refractivity contribution < 1.29 is 0 Å². The van der Waals surface area contributed by atoms with E-state index in [0.717, 1.165) is 17.0 Å². The number of rotatable bonds is 2. The molecule has 4 nitrogen and oxygen atoms in total. The molecule has 0 amide bonds. The summed E-state index contributed by atoms with van der Waals surface area (Å²) in [4.78, 5) is 8.80. The fraction of sp³-hybridized carbons (Fsp3) is 0.133. The second-order valence-electron chi connectivity index (χ2n) is 4.64. The molecule has 0 atom stereocenters. The Morgan fingerprint density at radius 2 is 1.71 bits per heavy atom. The lowest BCUT2D eigenvalue weighted by molar-refractivity contribution is 0.802. The van der Waals surface area contributed by atoms with Crippen LogP contribution in [0.3, 0.4) is 0 Å². The zero-order valence-electron chi connectivity index (χ0n) is 11.5. The molecule has 0 fully saturated rings. The summed E-state index contributed by atoms with van der Waals surface area (Å²) in [5, 5.41) is 5.39. The summed E-state index contributed by atoms with van der Waals surface area (Å²) in [6.07, 6.45) is 0. The summed E-state index contributed by atoms with van der Waals surface area (Å²) in [7, 11) is 0. The minimum Gasteiger partial charge on any atom is -0.218 e. The largest absolute Gasteiger partial charge is 0.218 e. The molecule has 106 valence electrons. The van der Waals surface area contributed by atoms with Gasteiger partial charge in [-0.2, -0.15) is 5.10 Å². The maximum absolute atomic E-state index is 6.19. The fourth-order valence-electron chi connectivity index (χ4n) is 2.08. The molecule has 2 aromatic heterocycles. The molecule has 0 saturated carbocycles. The lowest BCUT2D eigenvalue weighted by Gasteiger charge is -2.07. The highest BCUT2D eigenvalue weighted by Crippen LogP contribution is 2.24. The molecule has 1 aromatic carbocycles. The van der Waals surface area contributed by atoms with Crippen LogP contribution in [0.2, 0.25) is 10.2 Å². The summed E-state index contributed by atoms with van der Waals surface area (Å²) < 4.78 is 1.68. The Morgan fingerprint density at radius 1 is 1.00 bits per heavy atom. The van der Waals surface area contributed by atoms with E-state index in [0.29, 0.717) is 21.8 Å². The predicted octanol–water partition coefficient (Wildman–Crippen LogP) is 4.25. The van der Waals surface area contributed by atoms with Gasteiger partial charge in [-0.3, -0.25) is 0 Å². The number of aromatic nitrogens is 4. The number of benzene rings is 1. The van der Waals surface area contributed by atoms with Crippen molar-refractivity contribution in [3.8, 4) is 17.2 Å². The molecule has 3 aromatic rings. The Morgan fingerprint density at radius 3 is 2.33 bits per heavy atom. The van der Waals surface area contributed by atoms with Gasteiger partial charge in [-0.05, 0) is 13.8 Å². The molecule has 21 heavy (non-hydrogen) atoms. The number of halogens is 2.